The van der Waals surface area contributed by atoms with Crippen LogP contribution in [0.5, 0.6) is 5.75 Å². The standard InChI is InChI=1S/C15H22N4O6S/c1-16-6-8-17(9-7-16)15(20)11-18(26(3,23)24)13-10-12(19(21)22)4-5-14(13)25-2/h4-5,10H,6-9,11H2,1-3H3. The maximum atomic E-state index is 12.6. The van der Waals surface area contributed by atoms with Crippen molar-refractivity contribution in [3.63, 3.8) is 0 Å². The molecule has 0 bridgehead atoms. The maximum absolute atomic E-state index is 12.6. The third kappa shape index (κ3) is 4.61. The van der Waals surface area contributed by atoms with E-state index >= 15 is 0 Å². The molecule has 1 aromatic carbocycles. The average Bonchev–Trinajstić information content (AvgIpc) is 2.58. The first kappa shape index (κ1) is 19.9. The fourth-order valence-electron chi connectivity index (χ4n) is 2.65. The van der Waals surface area contributed by atoms with Crippen LogP contribution in [-0.4, -0.2) is 82.2 Å². The molecule has 1 aliphatic heterocycles. The summed E-state index contributed by atoms with van der Waals surface area (Å²) in [5.41, 5.74) is -0.326. The number of nitro groups is 1. The number of ether oxygens (including phenoxy) is 1. The maximum Gasteiger partial charge on any atom is 0.271 e. The Balaban J connectivity index is 2.35. The van der Waals surface area contributed by atoms with Crippen molar-refractivity contribution >= 4 is 27.3 Å². The highest BCUT2D eigenvalue weighted by Gasteiger charge is 2.29. The third-order valence-corrected chi connectivity index (χ3v) is 5.30. The van der Waals surface area contributed by atoms with Crippen LogP contribution in [0.15, 0.2) is 18.2 Å². The molecule has 0 N–H and O–H groups in total. The molecule has 1 heterocycles. The number of carbonyl (C=O) groups excluding carboxylic acids is 1. The summed E-state index contributed by atoms with van der Waals surface area (Å²) in [7, 11) is -0.595. The van der Waals surface area contributed by atoms with Gasteiger partial charge in [0.1, 0.15) is 18.0 Å². The molecule has 0 spiro atoms. The number of benzene rings is 1. The van der Waals surface area contributed by atoms with Gasteiger partial charge in [0.05, 0.1) is 18.3 Å². The Labute approximate surface area is 152 Å². The third-order valence-electron chi connectivity index (χ3n) is 4.18. The normalized spacial score (nSPS) is 15.6. The molecule has 0 unspecified atom stereocenters. The smallest absolute Gasteiger partial charge is 0.271 e. The zero-order valence-corrected chi connectivity index (χ0v) is 15.7. The molecular formula is C15H22N4O6S. The zero-order chi connectivity index (χ0) is 19.5. The van der Waals surface area contributed by atoms with Gasteiger partial charge in [-0.25, -0.2) is 8.42 Å². The summed E-state index contributed by atoms with van der Waals surface area (Å²) in [6.45, 7) is 1.95. The van der Waals surface area contributed by atoms with Crippen molar-refractivity contribution in [3.05, 3.63) is 28.3 Å². The van der Waals surface area contributed by atoms with Crippen molar-refractivity contribution in [3.8, 4) is 5.75 Å². The molecule has 0 saturated carbocycles. The van der Waals surface area contributed by atoms with Gasteiger partial charge in [0, 0.05) is 38.3 Å². The fraction of sp³-hybridized carbons (Fsp3) is 0.533. The van der Waals surface area contributed by atoms with Gasteiger partial charge in [-0.15, -0.1) is 0 Å². The Morgan fingerprint density at radius 2 is 1.92 bits per heavy atom. The van der Waals surface area contributed by atoms with Gasteiger partial charge >= 0.3 is 0 Å². The minimum Gasteiger partial charge on any atom is -0.495 e. The first-order chi connectivity index (χ1) is 12.1. The summed E-state index contributed by atoms with van der Waals surface area (Å²) in [5.74, 6) is -0.232. The van der Waals surface area contributed by atoms with E-state index in [-0.39, 0.29) is 23.0 Å². The Kier molecular flexibility index (Phi) is 6.03. The van der Waals surface area contributed by atoms with Crippen molar-refractivity contribution < 1.29 is 22.9 Å². The van der Waals surface area contributed by atoms with E-state index in [1.807, 2.05) is 7.05 Å². The summed E-state index contributed by atoms with van der Waals surface area (Å²) >= 11 is 0. The van der Waals surface area contributed by atoms with Gasteiger partial charge in [0.25, 0.3) is 5.69 Å². The Morgan fingerprint density at radius 3 is 2.42 bits per heavy atom. The van der Waals surface area contributed by atoms with Crippen molar-refractivity contribution in [2.45, 2.75) is 0 Å². The molecule has 1 aromatic rings. The molecule has 0 aliphatic carbocycles. The second-order valence-electron chi connectivity index (χ2n) is 6.07. The number of anilines is 1. The monoisotopic (exact) mass is 386 g/mol. The van der Waals surface area contributed by atoms with Gasteiger partial charge < -0.3 is 14.5 Å². The van der Waals surface area contributed by atoms with E-state index in [9.17, 15) is 23.3 Å². The Morgan fingerprint density at radius 1 is 1.31 bits per heavy atom. The molecule has 1 aliphatic rings. The lowest BCUT2D eigenvalue weighted by Crippen LogP contribution is -2.50. The van der Waals surface area contributed by atoms with E-state index < -0.39 is 21.5 Å². The minimum atomic E-state index is -3.86. The highest BCUT2D eigenvalue weighted by molar-refractivity contribution is 7.92. The SMILES string of the molecule is COc1ccc([N+](=O)[O-])cc1N(CC(=O)N1CCN(C)CC1)S(C)(=O)=O. The summed E-state index contributed by atoms with van der Waals surface area (Å²) in [6.07, 6.45) is 0.947. The van der Waals surface area contributed by atoms with Gasteiger partial charge in [0.15, 0.2) is 0 Å². The number of non-ortho nitro benzene ring substituents is 1. The van der Waals surface area contributed by atoms with Crippen LogP contribution in [-0.2, 0) is 14.8 Å². The molecule has 1 fully saturated rings. The Hall–Kier alpha value is -2.40. The van der Waals surface area contributed by atoms with Crippen LogP contribution < -0.4 is 9.04 Å². The fourth-order valence-corrected chi connectivity index (χ4v) is 3.49. The number of nitrogens with zero attached hydrogens (tertiary/aromatic N) is 4. The van der Waals surface area contributed by atoms with Crippen LogP contribution >= 0.6 is 0 Å². The number of hydrogen-bond donors (Lipinski definition) is 0. The summed E-state index contributed by atoms with van der Waals surface area (Å²) in [4.78, 5) is 26.6. The van der Waals surface area contributed by atoms with E-state index in [1.165, 1.54) is 19.2 Å². The molecule has 2 rings (SSSR count). The highest BCUT2D eigenvalue weighted by atomic mass is 32.2. The zero-order valence-electron chi connectivity index (χ0n) is 14.9. The van der Waals surface area contributed by atoms with Gasteiger partial charge in [-0.05, 0) is 13.1 Å². The molecule has 26 heavy (non-hydrogen) atoms. The number of nitro benzene ring substituents is 1. The predicted molar refractivity (Wildman–Crippen MR) is 95.9 cm³/mol. The van der Waals surface area contributed by atoms with Crippen molar-refractivity contribution in [2.24, 2.45) is 0 Å². The number of rotatable bonds is 6. The van der Waals surface area contributed by atoms with Gasteiger partial charge in [-0.3, -0.25) is 19.2 Å². The number of amides is 1. The largest absolute Gasteiger partial charge is 0.495 e. The number of piperazine rings is 1. The minimum absolute atomic E-state index is 0.0355. The molecule has 0 aromatic heterocycles. The van der Waals surface area contributed by atoms with Crippen LogP contribution in [0, 0.1) is 10.1 Å². The van der Waals surface area contributed by atoms with Crippen molar-refractivity contribution in [1.82, 2.24) is 9.80 Å². The van der Waals surface area contributed by atoms with E-state index in [2.05, 4.69) is 4.90 Å². The molecule has 10 nitrogen and oxygen atoms in total. The van der Waals surface area contributed by atoms with E-state index in [1.54, 1.807) is 4.90 Å². The van der Waals surface area contributed by atoms with Crippen molar-refractivity contribution in [2.75, 3.05) is 57.4 Å². The first-order valence-electron chi connectivity index (χ1n) is 7.90. The van der Waals surface area contributed by atoms with Crippen LogP contribution in [0.2, 0.25) is 0 Å². The summed E-state index contributed by atoms with van der Waals surface area (Å²) < 4.78 is 30.5. The number of carbonyl (C=O) groups is 1. The number of sulfonamides is 1. The second kappa shape index (κ2) is 7.87. The van der Waals surface area contributed by atoms with E-state index in [0.717, 1.165) is 16.6 Å². The topological polar surface area (TPSA) is 113 Å². The van der Waals surface area contributed by atoms with Crippen LogP contribution in [0.25, 0.3) is 0 Å². The van der Waals surface area contributed by atoms with Gasteiger partial charge in [0.2, 0.25) is 15.9 Å². The molecule has 0 atom stereocenters. The van der Waals surface area contributed by atoms with Crippen LogP contribution in [0.1, 0.15) is 0 Å². The van der Waals surface area contributed by atoms with E-state index in [4.69, 9.17) is 4.74 Å². The van der Waals surface area contributed by atoms with Gasteiger partial charge in [-0.2, -0.15) is 0 Å². The van der Waals surface area contributed by atoms with Gasteiger partial charge in [-0.1, -0.05) is 0 Å². The lowest BCUT2D eigenvalue weighted by atomic mass is 10.2. The quantitative estimate of drug-likeness (QED) is 0.505. The lowest BCUT2D eigenvalue weighted by Gasteiger charge is -2.34. The lowest BCUT2D eigenvalue weighted by molar-refractivity contribution is -0.384. The Bertz CT molecular complexity index is 789. The molecule has 0 radical (unpaired) electrons. The van der Waals surface area contributed by atoms with Crippen molar-refractivity contribution in [1.29, 1.82) is 0 Å². The molecule has 144 valence electrons. The average molecular weight is 386 g/mol. The number of hydrogen-bond acceptors (Lipinski definition) is 7. The van der Waals surface area contributed by atoms with Crippen LogP contribution in [0.4, 0.5) is 11.4 Å². The number of likely N-dealkylation sites (N-methyl/N-ethyl adjacent to an activating group) is 1. The number of methoxy groups -OCH3 is 1. The molecule has 1 amide bonds. The van der Waals surface area contributed by atoms with Crippen LogP contribution in [0.3, 0.4) is 0 Å². The van der Waals surface area contributed by atoms with E-state index in [0.29, 0.717) is 26.2 Å². The molecule has 1 saturated heterocycles. The summed E-state index contributed by atoms with van der Waals surface area (Å²) in [5, 5.41) is 11.0. The second-order valence-corrected chi connectivity index (χ2v) is 7.97. The first-order valence-corrected chi connectivity index (χ1v) is 9.74. The molecular weight excluding hydrogens is 364 g/mol. The molecule has 11 heteroatoms. The highest BCUT2D eigenvalue weighted by Crippen LogP contribution is 2.33. The summed E-state index contributed by atoms with van der Waals surface area (Å²) in [6, 6.07) is 3.62. The predicted octanol–water partition coefficient (Wildman–Crippen LogP) is 0.143.